The van der Waals surface area contributed by atoms with Gasteiger partial charge in [0.05, 0.1) is 5.69 Å². The first-order valence-electron chi connectivity index (χ1n) is 9.76. The second-order valence-electron chi connectivity index (χ2n) is 6.87. The number of aryl methyl sites for hydroxylation is 2. The van der Waals surface area contributed by atoms with Crippen molar-refractivity contribution in [3.8, 4) is 0 Å². The minimum atomic E-state index is 0.742. The van der Waals surface area contributed by atoms with Crippen LogP contribution in [0, 0.1) is 19.8 Å². The van der Waals surface area contributed by atoms with Crippen molar-refractivity contribution in [3.05, 3.63) is 17.0 Å². The topological polar surface area (TPSA) is 56.9 Å². The number of rotatable bonds is 8. The van der Waals surface area contributed by atoms with Crippen LogP contribution in [0.4, 0.5) is 0 Å². The molecule has 1 atom stereocenters. The van der Waals surface area contributed by atoms with Crippen LogP contribution in [0.5, 0.6) is 0 Å². The molecule has 1 N–H and O–H groups in total. The summed E-state index contributed by atoms with van der Waals surface area (Å²) in [5.74, 6) is 2.71. The molecule has 1 aliphatic heterocycles. The van der Waals surface area contributed by atoms with Gasteiger partial charge in [-0.1, -0.05) is 19.0 Å². The van der Waals surface area contributed by atoms with Gasteiger partial charge in [-0.25, -0.2) is 0 Å². The number of aliphatic imine (C=N–C) groups is 1. The van der Waals surface area contributed by atoms with E-state index in [1.165, 1.54) is 18.5 Å². The van der Waals surface area contributed by atoms with E-state index in [2.05, 4.69) is 41.0 Å². The van der Waals surface area contributed by atoms with Crippen molar-refractivity contribution in [1.29, 1.82) is 0 Å². The first-order valence-corrected chi connectivity index (χ1v) is 9.76. The third kappa shape index (κ3) is 5.46. The van der Waals surface area contributed by atoms with Gasteiger partial charge in [0.15, 0.2) is 5.96 Å². The lowest BCUT2D eigenvalue weighted by Gasteiger charge is -2.24. The maximum atomic E-state index is 5.24. The summed E-state index contributed by atoms with van der Waals surface area (Å²) in [4.78, 5) is 9.80. The summed E-state index contributed by atoms with van der Waals surface area (Å²) >= 11 is 0. The van der Waals surface area contributed by atoms with Gasteiger partial charge in [-0.15, -0.1) is 0 Å². The molecule has 1 saturated heterocycles. The average molecular weight is 350 g/mol. The van der Waals surface area contributed by atoms with Crippen molar-refractivity contribution in [3.63, 3.8) is 0 Å². The lowest BCUT2D eigenvalue weighted by Crippen LogP contribution is -2.41. The van der Waals surface area contributed by atoms with E-state index in [-0.39, 0.29) is 0 Å². The van der Waals surface area contributed by atoms with Crippen LogP contribution >= 0.6 is 0 Å². The summed E-state index contributed by atoms with van der Waals surface area (Å²) in [6.07, 6.45) is 2.14. The molecule has 0 aromatic carbocycles. The molecule has 1 unspecified atom stereocenters. The highest BCUT2D eigenvalue weighted by Crippen LogP contribution is 2.18. The predicted molar refractivity (Wildman–Crippen MR) is 103 cm³/mol. The second-order valence-corrected chi connectivity index (χ2v) is 6.87. The maximum Gasteiger partial charge on any atom is 0.193 e. The highest BCUT2D eigenvalue weighted by molar-refractivity contribution is 5.80. The molecular weight excluding hydrogens is 314 g/mol. The van der Waals surface area contributed by atoms with E-state index >= 15 is 0 Å². The van der Waals surface area contributed by atoms with Gasteiger partial charge in [-0.05, 0) is 52.6 Å². The molecule has 0 aliphatic carbocycles. The molecule has 1 fully saturated rings. The first-order chi connectivity index (χ1) is 12.1. The third-order valence-electron chi connectivity index (χ3n) is 5.14. The average Bonchev–Trinajstić information content (AvgIpc) is 3.20. The molecule has 0 spiro atoms. The summed E-state index contributed by atoms with van der Waals surface area (Å²) in [5.41, 5.74) is 2.18. The second kappa shape index (κ2) is 9.80. The largest absolute Gasteiger partial charge is 0.361 e. The summed E-state index contributed by atoms with van der Waals surface area (Å²) in [7, 11) is 0. The van der Waals surface area contributed by atoms with Crippen LogP contribution in [0.25, 0.3) is 0 Å². The molecule has 2 heterocycles. The summed E-state index contributed by atoms with van der Waals surface area (Å²) in [6, 6.07) is 0. The van der Waals surface area contributed by atoms with Crippen molar-refractivity contribution in [2.45, 2.75) is 47.5 Å². The Morgan fingerprint density at radius 3 is 2.68 bits per heavy atom. The van der Waals surface area contributed by atoms with E-state index in [0.717, 1.165) is 69.0 Å². The van der Waals surface area contributed by atoms with Gasteiger partial charge in [0.1, 0.15) is 5.76 Å². The molecule has 1 aromatic rings. The van der Waals surface area contributed by atoms with E-state index in [1.54, 1.807) is 0 Å². The van der Waals surface area contributed by atoms with Crippen molar-refractivity contribution >= 4 is 5.96 Å². The van der Waals surface area contributed by atoms with Gasteiger partial charge < -0.3 is 19.6 Å². The van der Waals surface area contributed by atoms with Gasteiger partial charge >= 0.3 is 0 Å². The lowest BCUT2D eigenvalue weighted by molar-refractivity contribution is 0.255. The Kier molecular flexibility index (Phi) is 7.75. The number of hydrogen-bond donors (Lipinski definition) is 1. The Labute approximate surface area is 152 Å². The molecule has 1 aliphatic rings. The molecule has 142 valence electrons. The lowest BCUT2D eigenvalue weighted by atomic mass is 10.1. The van der Waals surface area contributed by atoms with E-state index < -0.39 is 0 Å². The molecule has 0 saturated carbocycles. The smallest absolute Gasteiger partial charge is 0.193 e. The van der Waals surface area contributed by atoms with Crippen LogP contribution < -0.4 is 5.32 Å². The highest BCUT2D eigenvalue weighted by Gasteiger charge is 2.25. The maximum absolute atomic E-state index is 5.24. The number of nitrogens with zero attached hydrogens (tertiary/aromatic N) is 4. The van der Waals surface area contributed by atoms with Crippen molar-refractivity contribution in [1.82, 2.24) is 20.3 Å². The molecule has 1 aromatic heterocycles. The Hall–Kier alpha value is -1.56. The quantitative estimate of drug-likeness (QED) is 0.577. The zero-order valence-corrected chi connectivity index (χ0v) is 16.6. The number of likely N-dealkylation sites (tertiary alicyclic amines) is 1. The summed E-state index contributed by atoms with van der Waals surface area (Å²) < 4.78 is 5.24. The minimum Gasteiger partial charge on any atom is -0.361 e. The normalized spacial score (nSPS) is 18.4. The summed E-state index contributed by atoms with van der Waals surface area (Å²) in [5, 5.41) is 7.49. The van der Waals surface area contributed by atoms with Crippen LogP contribution in [0.15, 0.2) is 9.52 Å². The molecule has 2 rings (SSSR count). The van der Waals surface area contributed by atoms with E-state index in [1.807, 2.05) is 13.8 Å². The summed E-state index contributed by atoms with van der Waals surface area (Å²) in [6.45, 7) is 17.9. The fraction of sp³-hybridized carbons (Fsp3) is 0.789. The Balaban J connectivity index is 1.91. The molecule has 0 bridgehead atoms. The van der Waals surface area contributed by atoms with Crippen LogP contribution in [0.3, 0.4) is 0 Å². The Bertz CT molecular complexity index is 531. The van der Waals surface area contributed by atoms with E-state index in [0.29, 0.717) is 0 Å². The minimum absolute atomic E-state index is 0.742. The van der Waals surface area contributed by atoms with Gasteiger partial charge in [0.2, 0.25) is 0 Å². The van der Waals surface area contributed by atoms with Gasteiger partial charge in [-0.3, -0.25) is 4.99 Å². The molecular formula is C19H35N5O. The fourth-order valence-electron chi connectivity index (χ4n) is 3.58. The molecule has 6 nitrogen and oxygen atoms in total. The van der Waals surface area contributed by atoms with Crippen LogP contribution in [0.2, 0.25) is 0 Å². The van der Waals surface area contributed by atoms with Gasteiger partial charge in [0, 0.05) is 38.3 Å². The Morgan fingerprint density at radius 2 is 2.08 bits per heavy atom. The number of guanidine groups is 1. The van der Waals surface area contributed by atoms with Gasteiger partial charge in [-0.2, -0.15) is 0 Å². The molecule has 0 amide bonds. The highest BCUT2D eigenvalue weighted by atomic mass is 16.5. The number of hydrogen-bond acceptors (Lipinski definition) is 4. The molecule has 6 heteroatoms. The van der Waals surface area contributed by atoms with Crippen LogP contribution in [-0.2, 0) is 6.42 Å². The zero-order valence-electron chi connectivity index (χ0n) is 16.6. The van der Waals surface area contributed by atoms with E-state index in [9.17, 15) is 0 Å². The molecule has 0 radical (unpaired) electrons. The van der Waals surface area contributed by atoms with Crippen LogP contribution in [0.1, 0.15) is 44.2 Å². The first kappa shape index (κ1) is 19.8. The van der Waals surface area contributed by atoms with E-state index in [4.69, 9.17) is 9.52 Å². The third-order valence-corrected chi connectivity index (χ3v) is 5.14. The van der Waals surface area contributed by atoms with Crippen molar-refractivity contribution in [2.75, 3.05) is 45.8 Å². The Morgan fingerprint density at radius 1 is 1.32 bits per heavy atom. The monoisotopic (exact) mass is 349 g/mol. The molecule has 25 heavy (non-hydrogen) atoms. The fourth-order valence-corrected chi connectivity index (χ4v) is 3.58. The standard InChI is InChI=1S/C19H35N5O/c1-6-20-19(21-11-9-18-15(4)22-25-16(18)5)24-12-10-17(14-24)13-23(7-2)8-3/h17H,6-14H2,1-5H3,(H,20,21). The van der Waals surface area contributed by atoms with Crippen molar-refractivity contribution in [2.24, 2.45) is 10.9 Å². The SMILES string of the molecule is CCNC(=NCCc1c(C)noc1C)N1CCC(CN(CC)CC)C1. The predicted octanol–water partition coefficient (Wildman–Crippen LogP) is 2.46. The van der Waals surface area contributed by atoms with Crippen molar-refractivity contribution < 1.29 is 4.52 Å². The zero-order chi connectivity index (χ0) is 18.2. The van der Waals surface area contributed by atoms with Crippen LogP contribution in [-0.4, -0.2) is 66.7 Å². The van der Waals surface area contributed by atoms with Gasteiger partial charge in [0.25, 0.3) is 0 Å². The number of aromatic nitrogens is 1. The number of nitrogens with one attached hydrogen (secondary N) is 1.